The van der Waals surface area contributed by atoms with E-state index in [1.54, 1.807) is 34.7 Å². The van der Waals surface area contributed by atoms with Gasteiger partial charge in [0.2, 0.25) is 0 Å². The summed E-state index contributed by atoms with van der Waals surface area (Å²) in [6.45, 7) is 6.58. The molecule has 0 aromatic carbocycles. The van der Waals surface area contributed by atoms with Crippen LogP contribution in [0.5, 0.6) is 0 Å². The Morgan fingerprint density at radius 3 is 2.39 bits per heavy atom. The number of nitrogens with zero attached hydrogens (tertiary/aromatic N) is 4. The van der Waals surface area contributed by atoms with Crippen LogP contribution in [-0.4, -0.2) is 68.6 Å². The number of nitrogens with one attached hydrogen (secondary N) is 1. The Morgan fingerprint density at radius 2 is 1.82 bits per heavy atom. The van der Waals surface area contributed by atoms with Gasteiger partial charge in [0.1, 0.15) is 17.7 Å². The summed E-state index contributed by atoms with van der Waals surface area (Å²) in [5, 5.41) is 38.2. The number of fused-ring (bicyclic) bond motifs is 1. The van der Waals surface area contributed by atoms with Crippen molar-refractivity contribution in [2.45, 2.75) is 88.9 Å². The molecule has 0 saturated carbocycles. The number of hydrogen-bond acceptors (Lipinski definition) is 9. The standard InChI is InChI=1S/C20H34N5O7P/c1-6-19(4,32-33(29,30)20(28,7-2)8-3)9-12-14(26)15(27)18(31-12)25-11-22-13-16(21)24(5)10-23-17(13)25/h10-12,14-15,18,21,26-28H,6-9H2,1-5H3,(H,29,30)/t12-,14-,15-,18?,19?/m1/s1. The largest absolute Gasteiger partial charge is 0.388 e. The first-order chi connectivity index (χ1) is 15.3. The highest BCUT2D eigenvalue weighted by atomic mass is 31.2. The number of rotatable bonds is 9. The van der Waals surface area contributed by atoms with Gasteiger partial charge in [0.05, 0.1) is 24.4 Å². The quantitative estimate of drug-likeness (QED) is 0.325. The van der Waals surface area contributed by atoms with Crippen LogP contribution in [0.15, 0.2) is 12.7 Å². The molecule has 0 aliphatic carbocycles. The third-order valence-electron chi connectivity index (χ3n) is 6.69. The van der Waals surface area contributed by atoms with Crippen molar-refractivity contribution in [1.29, 1.82) is 5.41 Å². The molecule has 1 fully saturated rings. The van der Waals surface area contributed by atoms with Crippen LogP contribution < -0.4 is 5.49 Å². The molecular formula is C20H34N5O7P. The Labute approximate surface area is 191 Å². The predicted molar refractivity (Wildman–Crippen MR) is 118 cm³/mol. The highest BCUT2D eigenvalue weighted by Gasteiger charge is 2.51. The molecule has 5 N–H and O–H groups in total. The minimum absolute atomic E-state index is 0.00893. The number of hydrogen-bond donors (Lipinski definition) is 5. The lowest BCUT2D eigenvalue weighted by Gasteiger charge is -2.38. The molecule has 3 unspecified atom stereocenters. The first-order valence-electron chi connectivity index (χ1n) is 11.0. The fourth-order valence-corrected chi connectivity index (χ4v) is 5.80. The fraction of sp³-hybridized carbons (Fsp3) is 0.750. The van der Waals surface area contributed by atoms with E-state index < -0.39 is 43.1 Å². The second-order valence-corrected chi connectivity index (χ2v) is 10.9. The van der Waals surface area contributed by atoms with Gasteiger partial charge in [-0.3, -0.25) is 14.5 Å². The van der Waals surface area contributed by atoms with Crippen molar-refractivity contribution in [3.8, 4) is 0 Å². The van der Waals surface area contributed by atoms with Crippen LogP contribution in [-0.2, 0) is 20.9 Å². The minimum atomic E-state index is -4.44. The molecular weight excluding hydrogens is 453 g/mol. The molecule has 0 amide bonds. The number of aryl methyl sites for hydroxylation is 1. The lowest BCUT2D eigenvalue weighted by molar-refractivity contribution is -0.0696. The average molecular weight is 487 g/mol. The molecule has 0 bridgehead atoms. The lowest BCUT2D eigenvalue weighted by atomic mass is 9.93. The van der Waals surface area contributed by atoms with Gasteiger partial charge in [-0.25, -0.2) is 9.97 Å². The van der Waals surface area contributed by atoms with Crippen LogP contribution >= 0.6 is 7.60 Å². The molecule has 6 atom stereocenters. The summed E-state index contributed by atoms with van der Waals surface area (Å²) in [6.07, 6.45) is -1.41. The first kappa shape index (κ1) is 26.0. The number of aliphatic hydroxyl groups excluding tert-OH is 2. The second-order valence-electron chi connectivity index (χ2n) is 8.88. The van der Waals surface area contributed by atoms with Crippen molar-refractivity contribution in [2.24, 2.45) is 7.05 Å². The molecule has 0 spiro atoms. The zero-order valence-corrected chi connectivity index (χ0v) is 20.4. The summed E-state index contributed by atoms with van der Waals surface area (Å²) >= 11 is 0. The summed E-state index contributed by atoms with van der Waals surface area (Å²) in [5.74, 6) is 0. The van der Waals surface area contributed by atoms with Crippen LogP contribution in [0.2, 0.25) is 0 Å². The molecule has 1 aliphatic rings. The average Bonchev–Trinajstić information content (AvgIpc) is 3.31. The summed E-state index contributed by atoms with van der Waals surface area (Å²) in [6, 6.07) is 0. The van der Waals surface area contributed by atoms with Gasteiger partial charge in [0, 0.05) is 13.5 Å². The molecule has 2 aromatic heterocycles. The van der Waals surface area contributed by atoms with Crippen LogP contribution in [0.4, 0.5) is 0 Å². The maximum Gasteiger partial charge on any atom is 0.359 e. The summed E-state index contributed by atoms with van der Waals surface area (Å²) in [5.41, 5.74) is -0.455. The molecule has 0 radical (unpaired) electrons. The Kier molecular flexibility index (Phi) is 7.22. The molecule has 33 heavy (non-hydrogen) atoms. The summed E-state index contributed by atoms with van der Waals surface area (Å²) in [7, 11) is -2.78. The Bertz CT molecular complexity index is 1100. The van der Waals surface area contributed by atoms with Crippen molar-refractivity contribution in [2.75, 3.05) is 0 Å². The van der Waals surface area contributed by atoms with Gasteiger partial charge >= 0.3 is 7.60 Å². The molecule has 12 nitrogen and oxygen atoms in total. The predicted octanol–water partition coefficient (Wildman–Crippen LogP) is 1.14. The van der Waals surface area contributed by atoms with Crippen molar-refractivity contribution in [3.63, 3.8) is 0 Å². The minimum Gasteiger partial charge on any atom is -0.388 e. The zero-order valence-electron chi connectivity index (χ0n) is 19.5. The lowest BCUT2D eigenvalue weighted by Crippen LogP contribution is -2.40. The van der Waals surface area contributed by atoms with Gasteiger partial charge in [-0.15, -0.1) is 0 Å². The van der Waals surface area contributed by atoms with Gasteiger partial charge in [-0.2, -0.15) is 0 Å². The molecule has 2 aromatic rings. The van der Waals surface area contributed by atoms with Gasteiger partial charge in [-0.1, -0.05) is 20.8 Å². The van der Waals surface area contributed by atoms with E-state index in [9.17, 15) is 24.8 Å². The van der Waals surface area contributed by atoms with E-state index in [1.807, 2.05) is 0 Å². The van der Waals surface area contributed by atoms with Crippen molar-refractivity contribution in [1.82, 2.24) is 19.1 Å². The van der Waals surface area contributed by atoms with E-state index in [2.05, 4.69) is 9.97 Å². The van der Waals surface area contributed by atoms with Crippen LogP contribution in [0.25, 0.3) is 11.2 Å². The van der Waals surface area contributed by atoms with Gasteiger partial charge in [0.15, 0.2) is 22.7 Å². The molecule has 3 rings (SSSR count). The van der Waals surface area contributed by atoms with Crippen LogP contribution in [0, 0.1) is 5.41 Å². The molecule has 3 heterocycles. The zero-order chi connectivity index (χ0) is 24.8. The summed E-state index contributed by atoms with van der Waals surface area (Å²) in [4.78, 5) is 19.0. The van der Waals surface area contributed by atoms with E-state index in [0.29, 0.717) is 17.6 Å². The van der Waals surface area contributed by atoms with Crippen molar-refractivity contribution in [3.05, 3.63) is 18.1 Å². The second kappa shape index (κ2) is 9.18. The van der Waals surface area contributed by atoms with E-state index in [0.717, 1.165) is 0 Å². The number of ether oxygens (including phenoxy) is 1. The monoisotopic (exact) mass is 487 g/mol. The smallest absolute Gasteiger partial charge is 0.359 e. The maximum absolute atomic E-state index is 12.9. The maximum atomic E-state index is 12.9. The summed E-state index contributed by atoms with van der Waals surface area (Å²) < 4.78 is 27.5. The topological polar surface area (TPSA) is 176 Å². The third kappa shape index (κ3) is 4.53. The van der Waals surface area contributed by atoms with Crippen LogP contribution in [0.1, 0.15) is 59.6 Å². The van der Waals surface area contributed by atoms with Crippen molar-refractivity contribution >= 4 is 18.8 Å². The first-order valence-corrected chi connectivity index (χ1v) is 12.6. The van der Waals surface area contributed by atoms with Gasteiger partial charge in [0.25, 0.3) is 0 Å². The van der Waals surface area contributed by atoms with Crippen molar-refractivity contribution < 1.29 is 34.0 Å². The van der Waals surface area contributed by atoms with Crippen LogP contribution in [0.3, 0.4) is 0 Å². The highest BCUT2D eigenvalue weighted by Crippen LogP contribution is 2.60. The molecule has 13 heteroatoms. The molecule has 186 valence electrons. The molecule has 1 aliphatic heterocycles. The van der Waals surface area contributed by atoms with E-state index in [1.165, 1.54) is 21.8 Å². The number of aliphatic hydroxyl groups is 3. The van der Waals surface area contributed by atoms with E-state index in [4.69, 9.17) is 14.7 Å². The third-order valence-corrected chi connectivity index (χ3v) is 9.07. The molecule has 1 saturated heterocycles. The van der Waals surface area contributed by atoms with E-state index in [-0.39, 0.29) is 24.8 Å². The van der Waals surface area contributed by atoms with Gasteiger partial charge in [-0.05, 0) is 26.2 Å². The SMILES string of the molecule is CCC(C)(C[C@H]1OC(n2cnc3c(=N)n(C)cnc32)[C@H](O)[C@@H]1O)OP(=O)(O)C(O)(CC)CC. The normalized spacial score (nSPS) is 27.5. The number of aromatic nitrogens is 4. The van der Waals surface area contributed by atoms with E-state index >= 15 is 0 Å². The Morgan fingerprint density at radius 1 is 1.18 bits per heavy atom. The number of imidazole rings is 1. The fourth-order valence-electron chi connectivity index (χ4n) is 4.03. The highest BCUT2D eigenvalue weighted by molar-refractivity contribution is 7.54. The van der Waals surface area contributed by atoms with Gasteiger partial charge < -0.3 is 34.0 Å². The Hall–Kier alpha value is -1.66. The Balaban J connectivity index is 1.85.